The lowest BCUT2D eigenvalue weighted by Gasteiger charge is -2.17. The third kappa shape index (κ3) is 2.51. The summed E-state index contributed by atoms with van der Waals surface area (Å²) in [7, 11) is 3.64. The predicted octanol–water partition coefficient (Wildman–Crippen LogP) is 3.00. The number of rotatable bonds is 3. The van der Waals surface area contributed by atoms with Gasteiger partial charge in [0.15, 0.2) is 0 Å². The number of hydrogen-bond acceptors (Lipinski definition) is 2. The molecule has 3 heteroatoms. The Balaban J connectivity index is 2.20. The molecule has 0 saturated carbocycles. The Morgan fingerprint density at radius 1 is 1.00 bits per heavy atom. The first-order chi connectivity index (χ1) is 8.72. The molecule has 0 aliphatic heterocycles. The molecule has 0 aliphatic rings. The average molecular weight is 240 g/mol. The van der Waals surface area contributed by atoms with Gasteiger partial charge in [0.2, 0.25) is 0 Å². The Labute approximate surface area is 107 Å². The first-order valence-corrected chi connectivity index (χ1v) is 5.83. The predicted molar refractivity (Wildman–Crippen MR) is 75.2 cm³/mol. The second kappa shape index (κ2) is 5.36. The molecule has 1 N–H and O–H groups in total. The highest BCUT2D eigenvalue weighted by molar-refractivity contribution is 6.05. The normalized spacial score (nSPS) is 9.89. The number of amides is 1. The van der Waals surface area contributed by atoms with E-state index in [1.165, 1.54) is 0 Å². The molecule has 0 spiro atoms. The summed E-state index contributed by atoms with van der Waals surface area (Å²) in [6, 6.07) is 17.1. The molecule has 2 rings (SSSR count). The van der Waals surface area contributed by atoms with Gasteiger partial charge in [-0.2, -0.15) is 0 Å². The van der Waals surface area contributed by atoms with Crippen LogP contribution in [0, 0.1) is 0 Å². The van der Waals surface area contributed by atoms with Crippen LogP contribution in [-0.4, -0.2) is 20.0 Å². The van der Waals surface area contributed by atoms with Crippen LogP contribution < -0.4 is 10.2 Å². The van der Waals surface area contributed by atoms with Crippen LogP contribution in [-0.2, 0) is 0 Å². The quantitative estimate of drug-likeness (QED) is 0.894. The first-order valence-electron chi connectivity index (χ1n) is 5.83. The highest BCUT2D eigenvalue weighted by atomic mass is 16.2. The zero-order chi connectivity index (χ0) is 13.0. The van der Waals surface area contributed by atoms with Crippen molar-refractivity contribution in [3.8, 4) is 0 Å². The van der Waals surface area contributed by atoms with Crippen molar-refractivity contribution in [2.75, 3.05) is 24.3 Å². The highest BCUT2D eigenvalue weighted by Gasteiger charge is 2.12. The van der Waals surface area contributed by atoms with Crippen LogP contribution in [0.3, 0.4) is 0 Å². The van der Waals surface area contributed by atoms with Gasteiger partial charge in [0, 0.05) is 31.0 Å². The van der Waals surface area contributed by atoms with E-state index in [0.717, 1.165) is 11.4 Å². The fourth-order valence-electron chi connectivity index (χ4n) is 1.74. The zero-order valence-corrected chi connectivity index (χ0v) is 10.6. The third-order valence-electron chi connectivity index (χ3n) is 2.87. The molecular weight excluding hydrogens is 224 g/mol. The molecule has 0 bridgehead atoms. The lowest BCUT2D eigenvalue weighted by atomic mass is 10.1. The van der Waals surface area contributed by atoms with Gasteiger partial charge in [-0.1, -0.05) is 18.2 Å². The molecule has 1 amide bonds. The van der Waals surface area contributed by atoms with Crippen LogP contribution in [0.5, 0.6) is 0 Å². The summed E-state index contributed by atoms with van der Waals surface area (Å²) in [6.07, 6.45) is 0. The van der Waals surface area contributed by atoms with E-state index >= 15 is 0 Å². The highest BCUT2D eigenvalue weighted by Crippen LogP contribution is 2.16. The molecular formula is C15H16N2O. The summed E-state index contributed by atoms with van der Waals surface area (Å²) in [5, 5.41) is 3.03. The molecule has 0 fully saturated rings. The Morgan fingerprint density at radius 3 is 2.17 bits per heavy atom. The largest absolute Gasteiger partial charge is 0.388 e. The molecule has 3 nitrogen and oxygen atoms in total. The molecule has 0 atom stereocenters. The van der Waals surface area contributed by atoms with E-state index in [1.54, 1.807) is 11.9 Å². The maximum absolute atomic E-state index is 12.3. The van der Waals surface area contributed by atoms with Crippen LogP contribution in [0.1, 0.15) is 10.4 Å². The van der Waals surface area contributed by atoms with Crippen LogP contribution in [0.15, 0.2) is 54.6 Å². The standard InChI is InChI=1S/C15H16N2O/c1-16-13-10-8-12(9-11-13)15(18)17(2)14-6-4-3-5-7-14/h3-11,16H,1-2H3. The van der Waals surface area contributed by atoms with E-state index in [2.05, 4.69) is 5.32 Å². The Bertz CT molecular complexity index is 520. The summed E-state index contributed by atoms with van der Waals surface area (Å²) in [5.41, 5.74) is 2.56. The molecule has 92 valence electrons. The van der Waals surface area contributed by atoms with Gasteiger partial charge in [0.05, 0.1) is 0 Å². The van der Waals surface area contributed by atoms with Crippen molar-refractivity contribution in [3.63, 3.8) is 0 Å². The van der Waals surface area contributed by atoms with Gasteiger partial charge in [-0.3, -0.25) is 4.79 Å². The number of hydrogen-bond donors (Lipinski definition) is 1. The van der Waals surface area contributed by atoms with Crippen molar-refractivity contribution >= 4 is 17.3 Å². The van der Waals surface area contributed by atoms with Crippen LogP contribution >= 0.6 is 0 Å². The Kier molecular flexibility index (Phi) is 3.63. The summed E-state index contributed by atoms with van der Waals surface area (Å²) >= 11 is 0. The van der Waals surface area contributed by atoms with Crippen LogP contribution in [0.25, 0.3) is 0 Å². The molecule has 2 aromatic carbocycles. The maximum atomic E-state index is 12.3. The minimum Gasteiger partial charge on any atom is -0.388 e. The molecule has 0 saturated heterocycles. The van der Waals surface area contributed by atoms with Crippen molar-refractivity contribution < 1.29 is 4.79 Å². The average Bonchev–Trinajstić information content (AvgIpc) is 2.47. The topological polar surface area (TPSA) is 32.3 Å². The van der Waals surface area contributed by atoms with Gasteiger partial charge in [-0.05, 0) is 36.4 Å². The number of carbonyl (C=O) groups excluding carboxylic acids is 1. The summed E-state index contributed by atoms with van der Waals surface area (Å²) in [4.78, 5) is 13.9. The molecule has 18 heavy (non-hydrogen) atoms. The van der Waals surface area contributed by atoms with Crippen molar-refractivity contribution in [1.82, 2.24) is 0 Å². The smallest absolute Gasteiger partial charge is 0.258 e. The molecule has 0 unspecified atom stereocenters. The minimum absolute atomic E-state index is 0.0103. The Morgan fingerprint density at radius 2 is 1.61 bits per heavy atom. The second-order valence-corrected chi connectivity index (χ2v) is 4.03. The van der Waals surface area contributed by atoms with Crippen LogP contribution in [0.2, 0.25) is 0 Å². The summed E-state index contributed by atoms with van der Waals surface area (Å²) in [6.45, 7) is 0. The first kappa shape index (κ1) is 12.2. The number of nitrogens with zero attached hydrogens (tertiary/aromatic N) is 1. The van der Waals surface area contributed by atoms with Gasteiger partial charge in [0.25, 0.3) is 5.91 Å². The van der Waals surface area contributed by atoms with Gasteiger partial charge < -0.3 is 10.2 Å². The lowest BCUT2D eigenvalue weighted by molar-refractivity contribution is 0.0993. The SMILES string of the molecule is CNc1ccc(C(=O)N(C)c2ccccc2)cc1. The number of carbonyl (C=O) groups is 1. The Hall–Kier alpha value is -2.29. The fourth-order valence-corrected chi connectivity index (χ4v) is 1.74. The lowest BCUT2D eigenvalue weighted by Crippen LogP contribution is -2.26. The monoisotopic (exact) mass is 240 g/mol. The van der Waals surface area contributed by atoms with Crippen molar-refractivity contribution in [1.29, 1.82) is 0 Å². The van der Waals surface area contributed by atoms with Crippen molar-refractivity contribution in [2.24, 2.45) is 0 Å². The zero-order valence-electron chi connectivity index (χ0n) is 10.6. The number of benzene rings is 2. The maximum Gasteiger partial charge on any atom is 0.258 e. The van der Waals surface area contributed by atoms with E-state index in [-0.39, 0.29) is 5.91 Å². The summed E-state index contributed by atoms with van der Waals surface area (Å²) < 4.78 is 0. The van der Waals surface area contributed by atoms with Gasteiger partial charge >= 0.3 is 0 Å². The molecule has 0 heterocycles. The third-order valence-corrected chi connectivity index (χ3v) is 2.87. The van der Waals surface area contributed by atoms with Crippen molar-refractivity contribution in [3.05, 3.63) is 60.2 Å². The summed E-state index contributed by atoms with van der Waals surface area (Å²) in [5.74, 6) is -0.0103. The molecule has 0 aliphatic carbocycles. The van der Waals surface area contributed by atoms with Crippen LogP contribution in [0.4, 0.5) is 11.4 Å². The van der Waals surface area contributed by atoms with Gasteiger partial charge in [0.1, 0.15) is 0 Å². The van der Waals surface area contributed by atoms with E-state index in [4.69, 9.17) is 0 Å². The van der Waals surface area contributed by atoms with E-state index in [1.807, 2.05) is 61.6 Å². The number of nitrogens with one attached hydrogen (secondary N) is 1. The van der Waals surface area contributed by atoms with E-state index in [0.29, 0.717) is 5.56 Å². The molecule has 2 aromatic rings. The van der Waals surface area contributed by atoms with Crippen molar-refractivity contribution in [2.45, 2.75) is 0 Å². The van der Waals surface area contributed by atoms with E-state index in [9.17, 15) is 4.79 Å². The van der Waals surface area contributed by atoms with E-state index < -0.39 is 0 Å². The van der Waals surface area contributed by atoms with Gasteiger partial charge in [-0.25, -0.2) is 0 Å². The number of para-hydroxylation sites is 1. The second-order valence-electron chi connectivity index (χ2n) is 4.03. The van der Waals surface area contributed by atoms with Gasteiger partial charge in [-0.15, -0.1) is 0 Å². The number of anilines is 2. The minimum atomic E-state index is -0.0103. The molecule has 0 aromatic heterocycles. The fraction of sp³-hybridized carbons (Fsp3) is 0.133. The molecule has 0 radical (unpaired) electrons.